The first-order valence-corrected chi connectivity index (χ1v) is 5.14. The molecule has 1 aliphatic rings. The van der Waals surface area contributed by atoms with E-state index in [0.29, 0.717) is 0 Å². The number of nitrogens with two attached hydrogens (primary N) is 1. The molecule has 2 heteroatoms. The normalized spacial score (nSPS) is 22.0. The summed E-state index contributed by atoms with van der Waals surface area (Å²) in [5.41, 5.74) is 5.58. The lowest BCUT2D eigenvalue weighted by atomic mass is 9.89. The monoisotopic (exact) mass is 170 g/mol. The van der Waals surface area contributed by atoms with Gasteiger partial charge in [-0.2, -0.15) is 0 Å². The third-order valence-electron chi connectivity index (χ3n) is 2.77. The second-order valence-corrected chi connectivity index (χ2v) is 4.37. The first kappa shape index (κ1) is 10.0. The van der Waals surface area contributed by atoms with E-state index in [0.717, 1.165) is 18.5 Å². The number of likely N-dealkylation sites (tertiary alicyclic amines) is 1. The molecule has 0 unspecified atom stereocenters. The zero-order valence-corrected chi connectivity index (χ0v) is 8.42. The van der Waals surface area contributed by atoms with E-state index in [-0.39, 0.29) is 0 Å². The number of nitrogens with zero attached hydrogens (tertiary/aromatic N) is 1. The molecule has 0 saturated carbocycles. The van der Waals surface area contributed by atoms with Crippen molar-refractivity contribution in [2.75, 3.05) is 19.8 Å². The Hall–Kier alpha value is -0.0800. The highest BCUT2D eigenvalue weighted by atomic mass is 15.2. The zero-order chi connectivity index (χ0) is 8.97. The zero-order valence-electron chi connectivity index (χ0n) is 8.42. The van der Waals surface area contributed by atoms with Gasteiger partial charge in [0.1, 0.15) is 0 Å². The number of piperidine rings is 1. The summed E-state index contributed by atoms with van der Waals surface area (Å²) < 4.78 is 0. The quantitative estimate of drug-likeness (QED) is 0.698. The van der Waals surface area contributed by atoms with Crippen molar-refractivity contribution in [2.45, 2.75) is 33.1 Å². The SMILES string of the molecule is CC(C)CC1CCN(CN)CC1. The van der Waals surface area contributed by atoms with Gasteiger partial charge < -0.3 is 5.73 Å². The molecule has 1 aliphatic heterocycles. The fourth-order valence-corrected chi connectivity index (χ4v) is 2.07. The molecule has 1 fully saturated rings. The molecule has 1 saturated heterocycles. The van der Waals surface area contributed by atoms with E-state index in [1.165, 1.54) is 32.4 Å². The van der Waals surface area contributed by atoms with Crippen LogP contribution in [0.25, 0.3) is 0 Å². The number of rotatable bonds is 3. The van der Waals surface area contributed by atoms with E-state index in [4.69, 9.17) is 5.73 Å². The second kappa shape index (κ2) is 4.83. The highest BCUT2D eigenvalue weighted by Crippen LogP contribution is 2.23. The second-order valence-electron chi connectivity index (χ2n) is 4.37. The van der Waals surface area contributed by atoms with Crippen molar-refractivity contribution in [3.8, 4) is 0 Å². The average molecular weight is 170 g/mol. The molecule has 0 aromatic carbocycles. The maximum atomic E-state index is 5.58. The molecule has 0 bridgehead atoms. The Balaban J connectivity index is 2.17. The van der Waals surface area contributed by atoms with E-state index in [2.05, 4.69) is 18.7 Å². The summed E-state index contributed by atoms with van der Waals surface area (Å²) >= 11 is 0. The van der Waals surface area contributed by atoms with E-state index in [1.807, 2.05) is 0 Å². The summed E-state index contributed by atoms with van der Waals surface area (Å²) in [6.07, 6.45) is 4.11. The van der Waals surface area contributed by atoms with Gasteiger partial charge in [0.05, 0.1) is 0 Å². The van der Waals surface area contributed by atoms with Crippen molar-refractivity contribution in [1.29, 1.82) is 0 Å². The standard InChI is InChI=1S/C10H22N2/c1-9(2)7-10-3-5-12(8-11)6-4-10/h9-10H,3-8,11H2,1-2H3. The Kier molecular flexibility index (Phi) is 4.02. The summed E-state index contributed by atoms with van der Waals surface area (Å²) in [6, 6.07) is 0. The molecular formula is C10H22N2. The van der Waals surface area contributed by atoms with Gasteiger partial charge in [-0.1, -0.05) is 13.8 Å². The largest absolute Gasteiger partial charge is 0.318 e. The average Bonchev–Trinajstić information content (AvgIpc) is 2.05. The summed E-state index contributed by atoms with van der Waals surface area (Å²) in [5.74, 6) is 1.83. The van der Waals surface area contributed by atoms with Gasteiger partial charge in [-0.05, 0) is 44.2 Å². The first-order valence-electron chi connectivity index (χ1n) is 5.14. The van der Waals surface area contributed by atoms with Crippen LogP contribution < -0.4 is 5.73 Å². The summed E-state index contributed by atoms with van der Waals surface area (Å²) in [5, 5.41) is 0. The molecule has 0 atom stereocenters. The van der Waals surface area contributed by atoms with Crippen molar-refractivity contribution in [1.82, 2.24) is 4.90 Å². The number of hydrogen-bond acceptors (Lipinski definition) is 2. The van der Waals surface area contributed by atoms with Crippen LogP contribution in [-0.4, -0.2) is 24.7 Å². The van der Waals surface area contributed by atoms with Gasteiger partial charge in [0.15, 0.2) is 0 Å². The molecule has 0 spiro atoms. The van der Waals surface area contributed by atoms with Gasteiger partial charge in [0.25, 0.3) is 0 Å². The highest BCUT2D eigenvalue weighted by Gasteiger charge is 2.18. The Morgan fingerprint density at radius 1 is 1.33 bits per heavy atom. The molecular weight excluding hydrogens is 148 g/mol. The lowest BCUT2D eigenvalue weighted by molar-refractivity contribution is 0.174. The third-order valence-corrected chi connectivity index (χ3v) is 2.77. The predicted molar refractivity (Wildman–Crippen MR) is 52.8 cm³/mol. The van der Waals surface area contributed by atoms with Crippen LogP contribution in [0.15, 0.2) is 0 Å². The van der Waals surface area contributed by atoms with E-state index in [1.54, 1.807) is 0 Å². The summed E-state index contributed by atoms with van der Waals surface area (Å²) in [6.45, 7) is 7.81. The van der Waals surface area contributed by atoms with Crippen molar-refractivity contribution in [3.05, 3.63) is 0 Å². The van der Waals surface area contributed by atoms with Gasteiger partial charge in [0.2, 0.25) is 0 Å². The smallest absolute Gasteiger partial charge is 0.0455 e. The van der Waals surface area contributed by atoms with E-state index >= 15 is 0 Å². The molecule has 1 heterocycles. The lowest BCUT2D eigenvalue weighted by Gasteiger charge is -2.31. The first-order chi connectivity index (χ1) is 5.72. The molecule has 12 heavy (non-hydrogen) atoms. The van der Waals surface area contributed by atoms with Crippen LogP contribution in [0, 0.1) is 11.8 Å². The lowest BCUT2D eigenvalue weighted by Crippen LogP contribution is -2.37. The molecule has 0 aliphatic carbocycles. The van der Waals surface area contributed by atoms with E-state index in [9.17, 15) is 0 Å². The molecule has 72 valence electrons. The predicted octanol–water partition coefficient (Wildman–Crippen LogP) is 1.66. The topological polar surface area (TPSA) is 29.3 Å². The summed E-state index contributed by atoms with van der Waals surface area (Å²) in [4.78, 5) is 2.34. The maximum Gasteiger partial charge on any atom is 0.0455 e. The van der Waals surface area contributed by atoms with Crippen LogP contribution in [0.5, 0.6) is 0 Å². The highest BCUT2D eigenvalue weighted by molar-refractivity contribution is 4.71. The maximum absolute atomic E-state index is 5.58. The van der Waals surface area contributed by atoms with Gasteiger partial charge in [0, 0.05) is 6.67 Å². The van der Waals surface area contributed by atoms with Crippen LogP contribution >= 0.6 is 0 Å². The molecule has 0 aromatic rings. The fraction of sp³-hybridized carbons (Fsp3) is 1.00. The Bertz CT molecular complexity index is 115. The van der Waals surface area contributed by atoms with E-state index < -0.39 is 0 Å². The van der Waals surface area contributed by atoms with Crippen LogP contribution in [-0.2, 0) is 0 Å². The molecule has 2 nitrogen and oxygen atoms in total. The fourth-order valence-electron chi connectivity index (χ4n) is 2.07. The third kappa shape index (κ3) is 3.11. The van der Waals surface area contributed by atoms with Crippen molar-refractivity contribution in [3.63, 3.8) is 0 Å². The molecule has 0 radical (unpaired) electrons. The van der Waals surface area contributed by atoms with Crippen molar-refractivity contribution < 1.29 is 0 Å². The Labute approximate surface area is 76.1 Å². The van der Waals surface area contributed by atoms with Gasteiger partial charge in [-0.15, -0.1) is 0 Å². The van der Waals surface area contributed by atoms with Crippen LogP contribution in [0.2, 0.25) is 0 Å². The summed E-state index contributed by atoms with van der Waals surface area (Å²) in [7, 11) is 0. The minimum absolute atomic E-state index is 0.744. The molecule has 0 aromatic heterocycles. The molecule has 2 N–H and O–H groups in total. The van der Waals surface area contributed by atoms with Crippen molar-refractivity contribution in [2.24, 2.45) is 17.6 Å². The van der Waals surface area contributed by atoms with Gasteiger partial charge in [-0.3, -0.25) is 4.90 Å². The molecule has 0 amide bonds. The Morgan fingerprint density at radius 3 is 2.33 bits per heavy atom. The van der Waals surface area contributed by atoms with Crippen LogP contribution in [0.1, 0.15) is 33.1 Å². The minimum atomic E-state index is 0.744. The minimum Gasteiger partial charge on any atom is -0.318 e. The van der Waals surface area contributed by atoms with Gasteiger partial charge in [-0.25, -0.2) is 0 Å². The van der Waals surface area contributed by atoms with Crippen molar-refractivity contribution >= 4 is 0 Å². The van der Waals surface area contributed by atoms with Crippen LogP contribution in [0.4, 0.5) is 0 Å². The number of hydrogen-bond donors (Lipinski definition) is 1. The van der Waals surface area contributed by atoms with Crippen LogP contribution in [0.3, 0.4) is 0 Å². The Morgan fingerprint density at radius 2 is 1.92 bits per heavy atom. The molecule has 1 rings (SSSR count). The van der Waals surface area contributed by atoms with Gasteiger partial charge >= 0.3 is 0 Å².